The molecule has 0 unspecified atom stereocenters. The van der Waals surface area contributed by atoms with Crippen molar-refractivity contribution >= 4 is 5.78 Å². The molecule has 0 bridgehead atoms. The monoisotopic (exact) mass is 252 g/mol. The smallest absolute Gasteiger partial charge is 0.166 e. The highest BCUT2D eigenvalue weighted by molar-refractivity contribution is 5.95. The SMILES string of the molecule is CC(C)C[C@H](O)C[C@@H](C)CCC(=O)c1ccoc1. The van der Waals surface area contributed by atoms with Crippen LogP contribution in [-0.4, -0.2) is 17.0 Å². The van der Waals surface area contributed by atoms with E-state index < -0.39 is 0 Å². The first-order valence-corrected chi connectivity index (χ1v) is 6.72. The van der Waals surface area contributed by atoms with Gasteiger partial charge in [-0.3, -0.25) is 4.79 Å². The van der Waals surface area contributed by atoms with E-state index in [1.165, 1.54) is 12.5 Å². The number of Topliss-reactive ketones (excluding diaryl/α,β-unsaturated/α-hetero) is 1. The minimum absolute atomic E-state index is 0.119. The van der Waals surface area contributed by atoms with Crippen LogP contribution in [0.15, 0.2) is 23.0 Å². The van der Waals surface area contributed by atoms with Crippen LogP contribution in [-0.2, 0) is 0 Å². The molecule has 0 aromatic carbocycles. The zero-order valence-electron chi connectivity index (χ0n) is 11.6. The topological polar surface area (TPSA) is 50.4 Å². The Kier molecular flexibility index (Phi) is 6.13. The second-order valence-electron chi connectivity index (χ2n) is 5.60. The maximum absolute atomic E-state index is 11.8. The van der Waals surface area contributed by atoms with Crippen molar-refractivity contribution in [2.24, 2.45) is 11.8 Å². The average molecular weight is 252 g/mol. The van der Waals surface area contributed by atoms with Crippen molar-refractivity contribution in [1.29, 1.82) is 0 Å². The summed E-state index contributed by atoms with van der Waals surface area (Å²) in [6.45, 7) is 6.30. The normalized spacial score (nSPS) is 14.7. The van der Waals surface area contributed by atoms with Gasteiger partial charge in [0.2, 0.25) is 0 Å². The van der Waals surface area contributed by atoms with Gasteiger partial charge in [-0.25, -0.2) is 0 Å². The van der Waals surface area contributed by atoms with Crippen LogP contribution in [0, 0.1) is 11.8 Å². The van der Waals surface area contributed by atoms with Gasteiger partial charge < -0.3 is 9.52 Å². The van der Waals surface area contributed by atoms with Gasteiger partial charge in [0.05, 0.1) is 17.9 Å². The number of carbonyl (C=O) groups is 1. The quantitative estimate of drug-likeness (QED) is 0.718. The maximum Gasteiger partial charge on any atom is 0.166 e. The lowest BCUT2D eigenvalue weighted by Gasteiger charge is -2.17. The molecule has 0 saturated carbocycles. The molecule has 1 rings (SSSR count). The molecule has 1 N–H and O–H groups in total. The van der Waals surface area contributed by atoms with Gasteiger partial charge in [-0.15, -0.1) is 0 Å². The van der Waals surface area contributed by atoms with E-state index >= 15 is 0 Å². The van der Waals surface area contributed by atoms with Crippen molar-refractivity contribution in [2.75, 3.05) is 0 Å². The Morgan fingerprint density at radius 3 is 2.61 bits per heavy atom. The van der Waals surface area contributed by atoms with E-state index in [-0.39, 0.29) is 11.9 Å². The number of carbonyl (C=O) groups excluding carboxylic acids is 1. The van der Waals surface area contributed by atoms with E-state index in [9.17, 15) is 9.90 Å². The van der Waals surface area contributed by atoms with E-state index in [0.717, 1.165) is 19.3 Å². The predicted octanol–water partition coefficient (Wildman–Crippen LogP) is 3.68. The Morgan fingerprint density at radius 1 is 1.33 bits per heavy atom. The molecule has 0 fully saturated rings. The molecule has 3 heteroatoms. The molecule has 0 spiro atoms. The molecule has 0 radical (unpaired) electrons. The average Bonchev–Trinajstić information content (AvgIpc) is 2.77. The molecule has 0 saturated heterocycles. The van der Waals surface area contributed by atoms with Gasteiger partial charge in [0, 0.05) is 6.42 Å². The van der Waals surface area contributed by atoms with Crippen molar-refractivity contribution in [2.45, 2.75) is 52.6 Å². The molecule has 0 aliphatic heterocycles. The zero-order chi connectivity index (χ0) is 13.5. The number of hydrogen-bond donors (Lipinski definition) is 1. The summed E-state index contributed by atoms with van der Waals surface area (Å²) in [7, 11) is 0. The van der Waals surface area contributed by atoms with Gasteiger partial charge >= 0.3 is 0 Å². The summed E-state index contributed by atoms with van der Waals surface area (Å²) in [4.78, 5) is 11.8. The highest BCUT2D eigenvalue weighted by atomic mass is 16.3. The fourth-order valence-electron chi connectivity index (χ4n) is 2.17. The van der Waals surface area contributed by atoms with Crippen molar-refractivity contribution in [1.82, 2.24) is 0 Å². The van der Waals surface area contributed by atoms with E-state index in [2.05, 4.69) is 20.8 Å². The molecule has 18 heavy (non-hydrogen) atoms. The lowest BCUT2D eigenvalue weighted by Crippen LogP contribution is -2.15. The van der Waals surface area contributed by atoms with Gasteiger partial charge in [-0.2, -0.15) is 0 Å². The third-order valence-electron chi connectivity index (χ3n) is 3.13. The van der Waals surface area contributed by atoms with Gasteiger partial charge in [0.25, 0.3) is 0 Å². The first kappa shape index (κ1) is 15.0. The summed E-state index contributed by atoms with van der Waals surface area (Å²) in [5.41, 5.74) is 0.643. The van der Waals surface area contributed by atoms with Gasteiger partial charge in [0.1, 0.15) is 6.26 Å². The lowest BCUT2D eigenvalue weighted by molar-refractivity contribution is 0.0951. The Balaban J connectivity index is 2.24. The van der Waals surface area contributed by atoms with Crippen molar-refractivity contribution in [3.8, 4) is 0 Å². The molecule has 0 aliphatic rings. The van der Waals surface area contributed by atoms with Crippen LogP contribution in [0.25, 0.3) is 0 Å². The molecular formula is C15H24O3. The van der Waals surface area contributed by atoms with E-state index in [4.69, 9.17) is 4.42 Å². The first-order chi connectivity index (χ1) is 8.49. The molecular weight excluding hydrogens is 228 g/mol. The fourth-order valence-corrected chi connectivity index (χ4v) is 2.17. The minimum Gasteiger partial charge on any atom is -0.472 e. The van der Waals surface area contributed by atoms with Crippen LogP contribution < -0.4 is 0 Å². The van der Waals surface area contributed by atoms with Crippen LogP contribution >= 0.6 is 0 Å². The summed E-state index contributed by atoms with van der Waals surface area (Å²) >= 11 is 0. The van der Waals surface area contributed by atoms with E-state index in [1.54, 1.807) is 6.07 Å². The Bertz CT molecular complexity index is 341. The van der Waals surface area contributed by atoms with Crippen molar-refractivity contribution in [3.05, 3.63) is 24.2 Å². The zero-order valence-corrected chi connectivity index (χ0v) is 11.6. The Labute approximate surface area is 109 Å². The van der Waals surface area contributed by atoms with E-state index in [1.807, 2.05) is 0 Å². The Morgan fingerprint density at radius 2 is 2.06 bits per heavy atom. The number of hydrogen-bond acceptors (Lipinski definition) is 3. The number of aliphatic hydroxyl groups excluding tert-OH is 1. The third-order valence-corrected chi connectivity index (χ3v) is 3.13. The summed E-state index contributed by atoms with van der Waals surface area (Å²) in [5, 5.41) is 9.84. The molecule has 1 aromatic rings. The third kappa shape index (κ3) is 5.50. The summed E-state index contributed by atoms with van der Waals surface area (Å²) in [6.07, 6.45) is 5.71. The maximum atomic E-state index is 11.8. The number of furan rings is 1. The summed E-state index contributed by atoms with van der Waals surface area (Å²) in [6, 6.07) is 1.70. The second kappa shape index (κ2) is 7.37. The second-order valence-corrected chi connectivity index (χ2v) is 5.60. The molecule has 2 atom stereocenters. The Hall–Kier alpha value is -1.09. The molecule has 0 amide bonds. The molecule has 3 nitrogen and oxygen atoms in total. The van der Waals surface area contributed by atoms with Crippen molar-refractivity contribution < 1.29 is 14.3 Å². The van der Waals surface area contributed by atoms with Gasteiger partial charge in [-0.1, -0.05) is 20.8 Å². The summed E-state index contributed by atoms with van der Waals surface area (Å²) < 4.78 is 4.89. The standard InChI is InChI=1S/C15H24O3/c1-11(2)8-14(16)9-12(3)4-5-15(17)13-6-7-18-10-13/h6-7,10-12,14,16H,4-5,8-9H2,1-3H3/t12-,14-/m0/s1. The highest BCUT2D eigenvalue weighted by Gasteiger charge is 2.14. The minimum atomic E-state index is -0.246. The van der Waals surface area contributed by atoms with Gasteiger partial charge in [-0.05, 0) is 37.2 Å². The molecule has 0 aliphatic carbocycles. The van der Waals surface area contributed by atoms with Crippen molar-refractivity contribution in [3.63, 3.8) is 0 Å². The molecule has 1 aromatic heterocycles. The first-order valence-electron chi connectivity index (χ1n) is 6.72. The van der Waals surface area contributed by atoms with E-state index in [0.29, 0.717) is 23.8 Å². The lowest BCUT2D eigenvalue weighted by atomic mass is 9.92. The van der Waals surface area contributed by atoms with Crippen LogP contribution in [0.4, 0.5) is 0 Å². The number of ketones is 1. The van der Waals surface area contributed by atoms with Gasteiger partial charge in [0.15, 0.2) is 5.78 Å². The molecule has 1 heterocycles. The fraction of sp³-hybridized carbons (Fsp3) is 0.667. The highest BCUT2D eigenvalue weighted by Crippen LogP contribution is 2.18. The largest absolute Gasteiger partial charge is 0.472 e. The summed E-state index contributed by atoms with van der Waals surface area (Å²) in [5.74, 6) is 1.00. The van der Waals surface area contributed by atoms with Crippen LogP contribution in [0.1, 0.15) is 56.8 Å². The number of aliphatic hydroxyl groups is 1. The molecule has 102 valence electrons. The van der Waals surface area contributed by atoms with Crippen LogP contribution in [0.5, 0.6) is 0 Å². The van der Waals surface area contributed by atoms with Crippen LogP contribution in [0.3, 0.4) is 0 Å². The van der Waals surface area contributed by atoms with Crippen LogP contribution in [0.2, 0.25) is 0 Å². The number of rotatable bonds is 8. The predicted molar refractivity (Wildman–Crippen MR) is 71.5 cm³/mol.